The fraction of sp³-hybridized carbons (Fsp3) is 0.267. The first-order chi connectivity index (χ1) is 17.7. The number of hydrogen-bond donors (Lipinski definition) is 1. The van der Waals surface area contributed by atoms with E-state index in [9.17, 15) is 4.79 Å². The van der Waals surface area contributed by atoms with Gasteiger partial charge in [0, 0.05) is 24.2 Å². The van der Waals surface area contributed by atoms with Gasteiger partial charge in [-0.05, 0) is 31.9 Å². The Bertz CT molecular complexity index is 1250. The van der Waals surface area contributed by atoms with Crippen LogP contribution in [0.2, 0.25) is 0 Å². The highest BCUT2D eigenvalue weighted by atomic mass is 16.6. The molecule has 1 aromatic heterocycles. The van der Waals surface area contributed by atoms with Gasteiger partial charge in [-0.15, -0.1) is 0 Å². The standard InChI is InChI=1S/C30H33N3O3/c1-23-32-28(24-15-7-5-8-16-24)29(25-17-9-6-10-18-25)33(23)22-14-4-3-13-21-31-30(34)36-27-20-12-11-19-26(27)35-2/h5-12,15-20H,3-4,13-14,21-22H2,1-2H3,(H,31,34). The van der Waals surface area contributed by atoms with Crippen molar-refractivity contribution >= 4 is 6.09 Å². The molecule has 0 aliphatic rings. The van der Waals surface area contributed by atoms with Gasteiger partial charge in [0.25, 0.3) is 0 Å². The predicted octanol–water partition coefficient (Wildman–Crippen LogP) is 6.88. The summed E-state index contributed by atoms with van der Waals surface area (Å²) in [7, 11) is 1.55. The summed E-state index contributed by atoms with van der Waals surface area (Å²) in [6.07, 6.45) is 3.56. The molecule has 0 aliphatic carbocycles. The second kappa shape index (κ2) is 12.6. The summed E-state index contributed by atoms with van der Waals surface area (Å²) in [5.74, 6) is 1.97. The molecule has 6 heteroatoms. The molecular weight excluding hydrogens is 450 g/mol. The highest BCUT2D eigenvalue weighted by Crippen LogP contribution is 2.33. The lowest BCUT2D eigenvalue weighted by Crippen LogP contribution is -2.27. The second-order valence-electron chi connectivity index (χ2n) is 8.62. The number of nitrogens with one attached hydrogen (secondary N) is 1. The largest absolute Gasteiger partial charge is 0.493 e. The minimum atomic E-state index is -0.463. The minimum absolute atomic E-state index is 0.414. The maximum atomic E-state index is 12.1. The first kappa shape index (κ1) is 25.0. The van der Waals surface area contributed by atoms with Crippen molar-refractivity contribution in [3.63, 3.8) is 0 Å². The van der Waals surface area contributed by atoms with E-state index >= 15 is 0 Å². The van der Waals surface area contributed by atoms with Crippen molar-refractivity contribution in [2.24, 2.45) is 0 Å². The third-order valence-electron chi connectivity index (χ3n) is 6.10. The number of hydrogen-bond acceptors (Lipinski definition) is 4. The van der Waals surface area contributed by atoms with Crippen LogP contribution in [0.5, 0.6) is 11.5 Å². The Labute approximate surface area is 212 Å². The highest BCUT2D eigenvalue weighted by molar-refractivity contribution is 5.79. The molecule has 0 fully saturated rings. The Balaban J connectivity index is 1.29. The SMILES string of the molecule is COc1ccccc1OC(=O)NCCCCCCn1c(C)nc(-c2ccccc2)c1-c1ccccc1. The van der Waals surface area contributed by atoms with Crippen molar-refractivity contribution < 1.29 is 14.3 Å². The van der Waals surface area contributed by atoms with E-state index in [2.05, 4.69) is 65.3 Å². The third kappa shape index (κ3) is 6.33. The number of unbranched alkanes of at least 4 members (excludes halogenated alkanes) is 3. The molecule has 0 unspecified atom stereocenters. The van der Waals surface area contributed by atoms with Gasteiger partial charge in [-0.2, -0.15) is 0 Å². The van der Waals surface area contributed by atoms with E-state index in [0.29, 0.717) is 18.0 Å². The van der Waals surface area contributed by atoms with Gasteiger partial charge in [-0.3, -0.25) is 0 Å². The van der Waals surface area contributed by atoms with Gasteiger partial charge in [0.2, 0.25) is 0 Å². The Hall–Kier alpha value is -4.06. The van der Waals surface area contributed by atoms with Crippen molar-refractivity contribution in [3.05, 3.63) is 90.8 Å². The molecule has 4 rings (SSSR count). The molecular formula is C30H33N3O3. The fourth-order valence-electron chi connectivity index (χ4n) is 4.30. The van der Waals surface area contributed by atoms with Crippen LogP contribution in [0, 0.1) is 6.92 Å². The van der Waals surface area contributed by atoms with Crippen LogP contribution in [0.25, 0.3) is 22.5 Å². The maximum absolute atomic E-state index is 12.1. The molecule has 3 aromatic carbocycles. The van der Waals surface area contributed by atoms with Crippen LogP contribution in [0.4, 0.5) is 4.79 Å². The van der Waals surface area contributed by atoms with Gasteiger partial charge >= 0.3 is 6.09 Å². The molecule has 6 nitrogen and oxygen atoms in total. The lowest BCUT2D eigenvalue weighted by molar-refractivity contribution is 0.198. The molecule has 186 valence electrons. The maximum Gasteiger partial charge on any atom is 0.412 e. The topological polar surface area (TPSA) is 65.4 Å². The Morgan fingerprint density at radius 3 is 2.11 bits per heavy atom. The van der Waals surface area contributed by atoms with Gasteiger partial charge in [0.05, 0.1) is 18.5 Å². The number of aromatic nitrogens is 2. The van der Waals surface area contributed by atoms with E-state index < -0.39 is 6.09 Å². The average molecular weight is 484 g/mol. The number of benzene rings is 3. The van der Waals surface area contributed by atoms with Crippen LogP contribution in [-0.2, 0) is 6.54 Å². The molecule has 4 aromatic rings. The van der Waals surface area contributed by atoms with Crippen molar-refractivity contribution in [2.45, 2.75) is 39.2 Å². The number of carbonyl (C=O) groups excluding carboxylic acids is 1. The first-order valence-electron chi connectivity index (χ1n) is 12.4. The van der Waals surface area contributed by atoms with Crippen LogP contribution >= 0.6 is 0 Å². The highest BCUT2D eigenvalue weighted by Gasteiger charge is 2.17. The monoisotopic (exact) mass is 483 g/mol. The summed E-state index contributed by atoms with van der Waals surface area (Å²) >= 11 is 0. The summed E-state index contributed by atoms with van der Waals surface area (Å²) < 4.78 is 12.9. The molecule has 36 heavy (non-hydrogen) atoms. The molecule has 0 bridgehead atoms. The Kier molecular flexibility index (Phi) is 8.76. The zero-order valence-electron chi connectivity index (χ0n) is 20.9. The summed E-state index contributed by atoms with van der Waals surface area (Å²) in [5, 5.41) is 2.82. The molecule has 1 amide bonds. The lowest BCUT2D eigenvalue weighted by atomic mass is 10.0. The van der Waals surface area contributed by atoms with Crippen LogP contribution < -0.4 is 14.8 Å². The van der Waals surface area contributed by atoms with E-state index in [1.807, 2.05) is 18.2 Å². The lowest BCUT2D eigenvalue weighted by Gasteiger charge is -2.12. The van der Waals surface area contributed by atoms with Crippen molar-refractivity contribution in [2.75, 3.05) is 13.7 Å². The zero-order valence-corrected chi connectivity index (χ0v) is 20.9. The molecule has 0 saturated carbocycles. The van der Waals surface area contributed by atoms with Crippen LogP contribution in [-0.4, -0.2) is 29.3 Å². The van der Waals surface area contributed by atoms with Gasteiger partial charge in [0.1, 0.15) is 5.82 Å². The van der Waals surface area contributed by atoms with Crippen molar-refractivity contribution in [1.82, 2.24) is 14.9 Å². The smallest absolute Gasteiger partial charge is 0.412 e. The number of aryl methyl sites for hydroxylation is 1. The molecule has 0 spiro atoms. The van der Waals surface area contributed by atoms with Crippen LogP contribution in [0.3, 0.4) is 0 Å². The molecule has 1 N–H and O–H groups in total. The van der Waals surface area contributed by atoms with Gasteiger partial charge in [-0.25, -0.2) is 9.78 Å². The number of rotatable bonds is 11. The number of imidazole rings is 1. The van der Waals surface area contributed by atoms with E-state index in [1.54, 1.807) is 25.3 Å². The summed E-state index contributed by atoms with van der Waals surface area (Å²) in [5.41, 5.74) is 4.50. The fourth-order valence-corrected chi connectivity index (χ4v) is 4.30. The van der Waals surface area contributed by atoms with E-state index in [-0.39, 0.29) is 0 Å². The van der Waals surface area contributed by atoms with Crippen LogP contribution in [0.15, 0.2) is 84.9 Å². The first-order valence-corrected chi connectivity index (χ1v) is 12.4. The Morgan fingerprint density at radius 1 is 0.806 bits per heavy atom. The Morgan fingerprint density at radius 2 is 1.42 bits per heavy atom. The van der Waals surface area contributed by atoms with Crippen molar-refractivity contribution in [3.8, 4) is 34.0 Å². The number of nitrogens with zero attached hydrogens (tertiary/aromatic N) is 2. The zero-order chi connectivity index (χ0) is 25.2. The quantitative estimate of drug-likeness (QED) is 0.236. The molecule has 0 atom stereocenters. The number of carbonyl (C=O) groups is 1. The van der Waals surface area contributed by atoms with E-state index in [1.165, 1.54) is 11.3 Å². The molecule has 0 aliphatic heterocycles. The number of amides is 1. The average Bonchev–Trinajstić information content (AvgIpc) is 3.25. The van der Waals surface area contributed by atoms with E-state index in [4.69, 9.17) is 14.5 Å². The predicted molar refractivity (Wildman–Crippen MR) is 143 cm³/mol. The summed E-state index contributed by atoms with van der Waals surface area (Å²) in [6.45, 7) is 3.56. The normalized spacial score (nSPS) is 10.7. The van der Waals surface area contributed by atoms with Gasteiger partial charge in [0.15, 0.2) is 11.5 Å². The summed E-state index contributed by atoms with van der Waals surface area (Å²) in [6, 6.07) is 28.0. The molecule has 1 heterocycles. The third-order valence-corrected chi connectivity index (χ3v) is 6.10. The molecule has 0 radical (unpaired) electrons. The second-order valence-corrected chi connectivity index (χ2v) is 8.62. The number of ether oxygens (including phenoxy) is 2. The van der Waals surface area contributed by atoms with Gasteiger partial charge in [-0.1, -0.05) is 85.6 Å². The van der Waals surface area contributed by atoms with Crippen molar-refractivity contribution in [1.29, 1.82) is 0 Å². The van der Waals surface area contributed by atoms with E-state index in [0.717, 1.165) is 49.3 Å². The van der Waals surface area contributed by atoms with Crippen LogP contribution in [0.1, 0.15) is 31.5 Å². The number of methoxy groups -OCH3 is 1. The minimum Gasteiger partial charge on any atom is -0.493 e. The number of para-hydroxylation sites is 2. The molecule has 0 saturated heterocycles. The van der Waals surface area contributed by atoms with Gasteiger partial charge < -0.3 is 19.4 Å². The summed E-state index contributed by atoms with van der Waals surface area (Å²) in [4.78, 5) is 17.0.